The normalized spacial score (nSPS) is 20.1. The molecule has 1 saturated heterocycles. The maximum atomic E-state index is 15.7. The van der Waals surface area contributed by atoms with Crippen LogP contribution in [0.2, 0.25) is 0 Å². The van der Waals surface area contributed by atoms with Crippen LogP contribution in [0.25, 0.3) is 10.9 Å². The van der Waals surface area contributed by atoms with E-state index in [0.717, 1.165) is 25.7 Å². The Kier molecular flexibility index (Phi) is 7.52. The summed E-state index contributed by atoms with van der Waals surface area (Å²) in [5.41, 5.74) is 0.858. The molecule has 2 fully saturated rings. The van der Waals surface area contributed by atoms with Crippen LogP contribution in [0.15, 0.2) is 36.3 Å². The van der Waals surface area contributed by atoms with Gasteiger partial charge in [-0.3, -0.25) is 9.48 Å². The van der Waals surface area contributed by atoms with Crippen molar-refractivity contribution in [1.29, 1.82) is 0 Å². The van der Waals surface area contributed by atoms with Crippen LogP contribution in [0.4, 0.5) is 14.9 Å². The number of aromatic nitrogens is 2. The van der Waals surface area contributed by atoms with Gasteiger partial charge in [0, 0.05) is 64.2 Å². The second-order valence-electron chi connectivity index (χ2n) is 11.8. The van der Waals surface area contributed by atoms with E-state index < -0.39 is 23.6 Å². The van der Waals surface area contributed by atoms with Crippen LogP contribution in [-0.2, 0) is 16.5 Å². The van der Waals surface area contributed by atoms with E-state index >= 15 is 4.39 Å². The Bertz CT molecular complexity index is 1350. The number of benzene rings is 1. The topological polar surface area (TPSA) is 92.2 Å². The summed E-state index contributed by atoms with van der Waals surface area (Å²) < 4.78 is 28.5. The molecule has 1 unspecified atom stereocenters. The molecule has 1 aromatic carbocycles. The van der Waals surface area contributed by atoms with Gasteiger partial charge in [0.2, 0.25) is 0 Å². The standard InChI is InChI=1S/C29H39FN6O4/c1-29(2,3)40-28(38)36(18-9-10-18)19-11-14-35(15-12-19)23-16-21(30)24(25-20(23)17-34(5)32-25)26(37)31-22-8-7-13-33(4)27(22)39-6/h7-8,13,16-19,27H,9-12,14-15H2,1-6H3,(H,31,37). The molecule has 0 bridgehead atoms. The summed E-state index contributed by atoms with van der Waals surface area (Å²) in [5, 5.41) is 8.00. The molecule has 2 amide bonds. The molecule has 5 rings (SSSR count). The first-order valence-electron chi connectivity index (χ1n) is 13.8. The molecule has 2 aromatic rings. The number of rotatable bonds is 6. The van der Waals surface area contributed by atoms with Gasteiger partial charge in [-0.15, -0.1) is 0 Å². The zero-order chi connectivity index (χ0) is 28.8. The van der Waals surface area contributed by atoms with E-state index in [2.05, 4.69) is 15.3 Å². The Morgan fingerprint density at radius 2 is 1.80 bits per heavy atom. The second kappa shape index (κ2) is 10.8. The smallest absolute Gasteiger partial charge is 0.410 e. The number of carbonyl (C=O) groups excluding carboxylic acids is 2. The number of nitrogens with one attached hydrogen (secondary N) is 1. The zero-order valence-corrected chi connectivity index (χ0v) is 24.1. The highest BCUT2D eigenvalue weighted by atomic mass is 19.1. The number of amides is 2. The average molecular weight is 555 g/mol. The minimum absolute atomic E-state index is 0.0718. The van der Waals surface area contributed by atoms with Crippen LogP contribution in [0, 0.1) is 5.82 Å². The molecular weight excluding hydrogens is 515 g/mol. The summed E-state index contributed by atoms with van der Waals surface area (Å²) in [6.07, 6.45) is 9.91. The Hall–Kier alpha value is -3.60. The monoisotopic (exact) mass is 554 g/mol. The van der Waals surface area contributed by atoms with Gasteiger partial charge < -0.3 is 29.5 Å². The number of nitrogens with zero attached hydrogens (tertiary/aromatic N) is 5. The molecule has 1 atom stereocenters. The van der Waals surface area contributed by atoms with Crippen molar-refractivity contribution >= 4 is 28.6 Å². The third-order valence-corrected chi connectivity index (χ3v) is 7.53. The molecule has 2 aliphatic heterocycles. The first kappa shape index (κ1) is 27.9. The lowest BCUT2D eigenvalue weighted by molar-refractivity contribution is 0.0114. The molecule has 1 aromatic heterocycles. The van der Waals surface area contributed by atoms with Crippen molar-refractivity contribution < 1.29 is 23.5 Å². The van der Waals surface area contributed by atoms with Gasteiger partial charge in [0.15, 0.2) is 6.23 Å². The van der Waals surface area contributed by atoms with Gasteiger partial charge in [-0.25, -0.2) is 9.18 Å². The molecule has 0 radical (unpaired) electrons. The number of hydrogen-bond donors (Lipinski definition) is 1. The fourth-order valence-corrected chi connectivity index (χ4v) is 5.62. The highest BCUT2D eigenvalue weighted by Gasteiger charge is 2.41. The molecule has 1 saturated carbocycles. The fourth-order valence-electron chi connectivity index (χ4n) is 5.62. The van der Waals surface area contributed by atoms with E-state index in [4.69, 9.17) is 9.47 Å². The summed E-state index contributed by atoms with van der Waals surface area (Å²) in [5.74, 6) is -1.22. The second-order valence-corrected chi connectivity index (χ2v) is 11.8. The van der Waals surface area contributed by atoms with E-state index in [1.807, 2.05) is 50.0 Å². The highest BCUT2D eigenvalue weighted by molar-refractivity contribution is 6.09. The van der Waals surface area contributed by atoms with Crippen molar-refractivity contribution in [2.24, 2.45) is 7.05 Å². The summed E-state index contributed by atoms with van der Waals surface area (Å²) in [7, 11) is 5.14. The van der Waals surface area contributed by atoms with Gasteiger partial charge in [0.1, 0.15) is 22.5 Å². The Labute approximate surface area is 234 Å². The molecule has 3 heterocycles. The largest absolute Gasteiger partial charge is 0.444 e. The molecule has 0 spiro atoms. The van der Waals surface area contributed by atoms with Crippen LogP contribution in [0.5, 0.6) is 0 Å². The molecule has 3 aliphatic rings. The highest BCUT2D eigenvalue weighted by Crippen LogP contribution is 2.36. The molecule has 40 heavy (non-hydrogen) atoms. The molecule has 11 heteroatoms. The number of likely N-dealkylation sites (N-methyl/N-ethyl adjacent to an activating group) is 1. The van der Waals surface area contributed by atoms with Crippen molar-refractivity contribution in [3.05, 3.63) is 47.7 Å². The third-order valence-electron chi connectivity index (χ3n) is 7.53. The number of piperidine rings is 1. The van der Waals surface area contributed by atoms with Crippen molar-refractivity contribution in [1.82, 2.24) is 24.9 Å². The van der Waals surface area contributed by atoms with Gasteiger partial charge in [-0.1, -0.05) is 0 Å². The van der Waals surface area contributed by atoms with Crippen molar-refractivity contribution in [2.45, 2.75) is 70.4 Å². The zero-order valence-electron chi connectivity index (χ0n) is 24.1. The minimum Gasteiger partial charge on any atom is -0.444 e. The third kappa shape index (κ3) is 5.65. The summed E-state index contributed by atoms with van der Waals surface area (Å²) in [4.78, 5) is 32.2. The number of anilines is 1. The van der Waals surface area contributed by atoms with Gasteiger partial charge in [-0.2, -0.15) is 5.10 Å². The lowest BCUT2D eigenvalue weighted by atomic mass is 10.0. The number of allylic oxidation sites excluding steroid dienone is 2. The number of carbonyl (C=O) groups is 2. The number of halogens is 1. The number of hydrogen-bond acceptors (Lipinski definition) is 7. The van der Waals surface area contributed by atoms with Crippen molar-refractivity contribution in [2.75, 3.05) is 32.1 Å². The van der Waals surface area contributed by atoms with E-state index in [0.29, 0.717) is 35.4 Å². The lowest BCUT2D eigenvalue weighted by Crippen LogP contribution is -2.50. The van der Waals surface area contributed by atoms with Crippen LogP contribution < -0.4 is 10.2 Å². The first-order chi connectivity index (χ1) is 19.0. The summed E-state index contributed by atoms with van der Waals surface area (Å²) in [6.45, 7) is 6.94. The van der Waals surface area contributed by atoms with Gasteiger partial charge in [0.05, 0.1) is 11.4 Å². The Morgan fingerprint density at radius 1 is 1.12 bits per heavy atom. The molecule has 10 nitrogen and oxygen atoms in total. The predicted molar refractivity (Wildman–Crippen MR) is 150 cm³/mol. The van der Waals surface area contributed by atoms with Gasteiger partial charge in [0.25, 0.3) is 5.91 Å². The molecule has 1 N–H and O–H groups in total. The minimum atomic E-state index is -0.636. The van der Waals surface area contributed by atoms with Gasteiger partial charge in [-0.05, 0) is 64.7 Å². The molecular formula is C29H39FN6O4. The maximum Gasteiger partial charge on any atom is 0.410 e. The molecule has 216 valence electrons. The average Bonchev–Trinajstić information content (AvgIpc) is 3.62. The van der Waals surface area contributed by atoms with Crippen LogP contribution in [0.3, 0.4) is 0 Å². The summed E-state index contributed by atoms with van der Waals surface area (Å²) >= 11 is 0. The van der Waals surface area contributed by atoms with E-state index in [1.54, 1.807) is 31.0 Å². The Balaban J connectivity index is 1.36. The SMILES string of the molecule is COC1C(NC(=O)c2c(F)cc(N3CCC(N(C(=O)OC(C)(C)C)C4CC4)CC3)c3cn(C)nc23)=CC=CN1C. The lowest BCUT2D eigenvalue weighted by Gasteiger charge is -2.40. The van der Waals surface area contributed by atoms with Gasteiger partial charge >= 0.3 is 6.09 Å². The molecule has 1 aliphatic carbocycles. The Morgan fingerprint density at radius 3 is 2.42 bits per heavy atom. The number of aryl methyl sites for hydroxylation is 1. The number of methoxy groups -OCH3 is 1. The van der Waals surface area contributed by atoms with E-state index in [1.165, 1.54) is 6.07 Å². The van der Waals surface area contributed by atoms with E-state index in [9.17, 15) is 9.59 Å². The van der Waals surface area contributed by atoms with Crippen LogP contribution in [-0.4, -0.2) is 82.7 Å². The summed E-state index contributed by atoms with van der Waals surface area (Å²) in [6, 6.07) is 1.74. The predicted octanol–water partition coefficient (Wildman–Crippen LogP) is 4.13. The fraction of sp³-hybridized carbons (Fsp3) is 0.552. The number of ether oxygens (including phenoxy) is 2. The van der Waals surface area contributed by atoms with E-state index in [-0.39, 0.29) is 23.7 Å². The quantitative estimate of drug-likeness (QED) is 0.574. The van der Waals surface area contributed by atoms with Crippen LogP contribution in [0.1, 0.15) is 56.8 Å². The van der Waals surface area contributed by atoms with Crippen molar-refractivity contribution in [3.63, 3.8) is 0 Å². The maximum absolute atomic E-state index is 15.7. The number of fused-ring (bicyclic) bond motifs is 1. The van der Waals surface area contributed by atoms with Crippen molar-refractivity contribution in [3.8, 4) is 0 Å². The van der Waals surface area contributed by atoms with Crippen LogP contribution >= 0.6 is 0 Å². The first-order valence-corrected chi connectivity index (χ1v) is 13.8.